The molecule has 1 aromatic rings. The highest BCUT2D eigenvalue weighted by Crippen LogP contribution is 2.11. The van der Waals surface area contributed by atoms with Crippen LogP contribution < -0.4 is 15.4 Å². The normalized spacial score (nSPS) is 18.6. The number of hydrogen-bond donors (Lipinski definition) is 2. The molecule has 1 unspecified atom stereocenters. The van der Waals surface area contributed by atoms with Crippen LogP contribution in [0.4, 0.5) is 0 Å². The molecular weight excluding hydrogens is 268 g/mol. The summed E-state index contributed by atoms with van der Waals surface area (Å²) in [7, 11) is 1.61. The average molecular weight is 292 g/mol. The van der Waals surface area contributed by atoms with Crippen molar-refractivity contribution in [2.24, 2.45) is 4.99 Å². The third kappa shape index (κ3) is 5.23. The minimum Gasteiger partial charge on any atom is -0.481 e. The van der Waals surface area contributed by atoms with Gasteiger partial charge in [-0.15, -0.1) is 0 Å². The summed E-state index contributed by atoms with van der Waals surface area (Å²) in [5, 5.41) is 6.57. The van der Waals surface area contributed by atoms with E-state index in [0.29, 0.717) is 18.5 Å². The highest BCUT2D eigenvalue weighted by molar-refractivity contribution is 5.79. The van der Waals surface area contributed by atoms with Crippen molar-refractivity contribution < 1.29 is 9.47 Å². The maximum atomic E-state index is 5.60. The van der Waals surface area contributed by atoms with Crippen LogP contribution in [-0.2, 0) is 11.3 Å². The van der Waals surface area contributed by atoms with E-state index < -0.39 is 0 Å². The van der Waals surface area contributed by atoms with Gasteiger partial charge in [0.15, 0.2) is 5.96 Å². The number of hydrogen-bond acceptors (Lipinski definition) is 4. The Hall–Kier alpha value is -1.82. The molecule has 6 heteroatoms. The van der Waals surface area contributed by atoms with Crippen molar-refractivity contribution in [2.45, 2.75) is 32.4 Å². The fourth-order valence-corrected chi connectivity index (χ4v) is 2.19. The lowest BCUT2D eigenvalue weighted by Crippen LogP contribution is -2.41. The van der Waals surface area contributed by atoms with E-state index in [4.69, 9.17) is 9.47 Å². The lowest BCUT2D eigenvalue weighted by atomic mass is 10.2. The van der Waals surface area contributed by atoms with E-state index in [1.54, 1.807) is 13.3 Å². The van der Waals surface area contributed by atoms with E-state index in [1.807, 2.05) is 12.1 Å². The van der Waals surface area contributed by atoms with Gasteiger partial charge in [-0.2, -0.15) is 0 Å². The molecule has 0 aromatic carbocycles. The number of rotatable bonds is 6. The van der Waals surface area contributed by atoms with Crippen molar-refractivity contribution >= 4 is 5.96 Å². The molecule has 2 rings (SSSR count). The summed E-state index contributed by atoms with van der Waals surface area (Å²) in [6.07, 6.45) is 4.30. The molecule has 2 N–H and O–H groups in total. The predicted molar refractivity (Wildman–Crippen MR) is 82.6 cm³/mol. The van der Waals surface area contributed by atoms with E-state index in [1.165, 1.54) is 0 Å². The second-order valence-electron chi connectivity index (χ2n) is 4.92. The molecule has 1 aromatic heterocycles. The maximum absolute atomic E-state index is 5.60. The third-order valence-electron chi connectivity index (χ3n) is 3.29. The van der Waals surface area contributed by atoms with Crippen molar-refractivity contribution in [1.82, 2.24) is 15.6 Å². The second kappa shape index (κ2) is 8.46. The number of pyridine rings is 1. The van der Waals surface area contributed by atoms with Gasteiger partial charge in [-0.3, -0.25) is 0 Å². The van der Waals surface area contributed by atoms with Crippen LogP contribution in [0.5, 0.6) is 5.88 Å². The number of ether oxygens (including phenoxy) is 2. The Kier molecular flexibility index (Phi) is 6.27. The van der Waals surface area contributed by atoms with E-state index in [0.717, 1.165) is 44.1 Å². The Labute approximate surface area is 126 Å². The Morgan fingerprint density at radius 2 is 2.43 bits per heavy atom. The van der Waals surface area contributed by atoms with Crippen molar-refractivity contribution in [2.75, 3.05) is 26.8 Å². The monoisotopic (exact) mass is 292 g/mol. The van der Waals surface area contributed by atoms with Crippen LogP contribution in [0.25, 0.3) is 0 Å². The SMILES string of the molecule is CCNC(=NCc1ccnc(OC)c1)NCC1CCCO1. The van der Waals surface area contributed by atoms with Crippen molar-refractivity contribution in [3.8, 4) is 5.88 Å². The second-order valence-corrected chi connectivity index (χ2v) is 4.92. The minimum atomic E-state index is 0.301. The molecule has 0 spiro atoms. The number of methoxy groups -OCH3 is 1. The molecule has 1 aliphatic heterocycles. The van der Waals surface area contributed by atoms with Crippen LogP contribution in [0, 0.1) is 0 Å². The predicted octanol–water partition coefficient (Wildman–Crippen LogP) is 1.32. The van der Waals surface area contributed by atoms with Gasteiger partial charge < -0.3 is 20.1 Å². The zero-order valence-electron chi connectivity index (χ0n) is 12.8. The summed E-state index contributed by atoms with van der Waals surface area (Å²) in [5.41, 5.74) is 1.07. The maximum Gasteiger partial charge on any atom is 0.213 e. The Bertz CT molecular complexity index is 459. The van der Waals surface area contributed by atoms with Gasteiger partial charge in [0.2, 0.25) is 5.88 Å². The van der Waals surface area contributed by atoms with Gasteiger partial charge in [-0.1, -0.05) is 0 Å². The van der Waals surface area contributed by atoms with Crippen LogP contribution in [0.15, 0.2) is 23.3 Å². The Morgan fingerprint density at radius 3 is 3.14 bits per heavy atom. The molecule has 0 radical (unpaired) electrons. The van der Waals surface area contributed by atoms with Gasteiger partial charge in [0.05, 0.1) is 19.8 Å². The molecule has 0 amide bonds. The molecular formula is C15H24N4O2. The molecule has 1 fully saturated rings. The molecule has 1 saturated heterocycles. The highest BCUT2D eigenvalue weighted by Gasteiger charge is 2.15. The van der Waals surface area contributed by atoms with E-state index in [9.17, 15) is 0 Å². The van der Waals surface area contributed by atoms with Crippen molar-refractivity contribution in [1.29, 1.82) is 0 Å². The number of aliphatic imine (C=N–C) groups is 1. The molecule has 116 valence electrons. The largest absolute Gasteiger partial charge is 0.481 e. The molecule has 21 heavy (non-hydrogen) atoms. The van der Waals surface area contributed by atoms with Gasteiger partial charge in [0.25, 0.3) is 0 Å². The summed E-state index contributed by atoms with van der Waals surface area (Å²) in [4.78, 5) is 8.67. The van der Waals surface area contributed by atoms with Crippen LogP contribution in [0.1, 0.15) is 25.3 Å². The summed E-state index contributed by atoms with van der Waals surface area (Å²) in [6.45, 7) is 5.14. The molecule has 1 aliphatic rings. The standard InChI is InChI=1S/C15H24N4O2/c1-3-16-15(19-11-13-5-4-8-21-13)18-10-12-6-7-17-14(9-12)20-2/h6-7,9,13H,3-5,8,10-11H2,1-2H3,(H2,16,18,19). The lowest BCUT2D eigenvalue weighted by molar-refractivity contribution is 0.114. The summed E-state index contributed by atoms with van der Waals surface area (Å²) in [5.74, 6) is 1.42. The lowest BCUT2D eigenvalue weighted by Gasteiger charge is -2.14. The zero-order chi connectivity index (χ0) is 14.9. The number of nitrogens with one attached hydrogen (secondary N) is 2. The van der Waals surface area contributed by atoms with E-state index >= 15 is 0 Å². The molecule has 2 heterocycles. The summed E-state index contributed by atoms with van der Waals surface area (Å²) in [6, 6.07) is 3.84. The minimum absolute atomic E-state index is 0.301. The number of nitrogens with zero attached hydrogens (tertiary/aromatic N) is 2. The van der Waals surface area contributed by atoms with Crippen LogP contribution in [0.3, 0.4) is 0 Å². The first kappa shape index (κ1) is 15.6. The first-order valence-electron chi connectivity index (χ1n) is 7.44. The van der Waals surface area contributed by atoms with Crippen LogP contribution >= 0.6 is 0 Å². The van der Waals surface area contributed by atoms with Gasteiger partial charge in [-0.05, 0) is 31.4 Å². The first-order valence-corrected chi connectivity index (χ1v) is 7.44. The molecule has 0 bridgehead atoms. The van der Waals surface area contributed by atoms with Gasteiger partial charge in [0, 0.05) is 32.0 Å². The topological polar surface area (TPSA) is 67.8 Å². The van der Waals surface area contributed by atoms with E-state index in [-0.39, 0.29) is 0 Å². The fourth-order valence-electron chi connectivity index (χ4n) is 2.19. The van der Waals surface area contributed by atoms with E-state index in [2.05, 4.69) is 27.5 Å². The molecule has 0 saturated carbocycles. The number of aromatic nitrogens is 1. The van der Waals surface area contributed by atoms with Crippen molar-refractivity contribution in [3.63, 3.8) is 0 Å². The Balaban J connectivity index is 1.89. The summed E-state index contributed by atoms with van der Waals surface area (Å²) < 4.78 is 10.7. The van der Waals surface area contributed by atoms with Crippen LogP contribution in [0.2, 0.25) is 0 Å². The van der Waals surface area contributed by atoms with Gasteiger partial charge in [0.1, 0.15) is 0 Å². The quantitative estimate of drug-likeness (QED) is 0.611. The van der Waals surface area contributed by atoms with Crippen molar-refractivity contribution in [3.05, 3.63) is 23.9 Å². The first-order chi connectivity index (χ1) is 10.3. The smallest absolute Gasteiger partial charge is 0.213 e. The summed E-state index contributed by atoms with van der Waals surface area (Å²) >= 11 is 0. The number of guanidine groups is 1. The van der Waals surface area contributed by atoms with Gasteiger partial charge >= 0.3 is 0 Å². The molecule has 6 nitrogen and oxygen atoms in total. The molecule has 1 atom stereocenters. The fraction of sp³-hybridized carbons (Fsp3) is 0.600. The Morgan fingerprint density at radius 1 is 1.52 bits per heavy atom. The van der Waals surface area contributed by atoms with Gasteiger partial charge in [-0.25, -0.2) is 9.98 Å². The average Bonchev–Trinajstić information content (AvgIpc) is 3.03. The molecule has 0 aliphatic carbocycles. The zero-order valence-corrected chi connectivity index (χ0v) is 12.8. The third-order valence-corrected chi connectivity index (χ3v) is 3.29. The highest BCUT2D eigenvalue weighted by atomic mass is 16.5. The van der Waals surface area contributed by atoms with Crippen LogP contribution in [-0.4, -0.2) is 43.9 Å².